The molecule has 7 nitrogen and oxygen atoms in total. The maximum Gasteiger partial charge on any atom is 0.261 e. The number of para-hydroxylation sites is 1. The molecule has 32 heavy (non-hydrogen) atoms. The topological polar surface area (TPSA) is 104 Å². The smallest absolute Gasteiger partial charge is 0.261 e. The average Bonchev–Trinajstić information content (AvgIpc) is 2.79. The van der Waals surface area contributed by atoms with Crippen LogP contribution in [-0.2, 0) is 14.8 Å². The zero-order valence-corrected chi connectivity index (χ0v) is 18.8. The van der Waals surface area contributed by atoms with Crippen LogP contribution in [0.5, 0.6) is 0 Å². The number of carbonyl (C=O) groups excluding carboxylic acids is 2. The second-order valence-corrected chi connectivity index (χ2v) is 10.1. The Morgan fingerprint density at radius 3 is 2.41 bits per heavy atom. The lowest BCUT2D eigenvalue weighted by Crippen LogP contribution is -2.28. The van der Waals surface area contributed by atoms with Crippen molar-refractivity contribution in [1.82, 2.24) is 0 Å². The third-order valence-electron chi connectivity index (χ3n) is 4.88. The van der Waals surface area contributed by atoms with E-state index < -0.39 is 10.0 Å². The molecular weight excluding hydrogens is 446 g/mol. The van der Waals surface area contributed by atoms with E-state index in [1.807, 2.05) is 13.0 Å². The van der Waals surface area contributed by atoms with Gasteiger partial charge in [0.2, 0.25) is 5.91 Å². The van der Waals surface area contributed by atoms with E-state index in [1.54, 1.807) is 42.5 Å². The van der Waals surface area contributed by atoms with Gasteiger partial charge in [-0.25, -0.2) is 8.42 Å². The van der Waals surface area contributed by atoms with Crippen molar-refractivity contribution in [3.05, 3.63) is 78.4 Å². The van der Waals surface area contributed by atoms with Crippen LogP contribution in [-0.4, -0.2) is 25.5 Å². The molecule has 0 saturated heterocycles. The van der Waals surface area contributed by atoms with Crippen molar-refractivity contribution in [2.45, 2.75) is 28.4 Å². The minimum Gasteiger partial charge on any atom is -0.324 e. The standard InChI is InChI=1S/C23H21N3O4S2/c1-2-20-23(28)25-19-14-15(8-13-21(19)31-20)22(27)24-16-9-11-18(12-10-16)32(29,30)26-17-6-4-3-5-7-17/h3-14,20,26H,2H2,1H3,(H,24,27)(H,25,28). The van der Waals surface area contributed by atoms with Crippen molar-refractivity contribution >= 4 is 50.7 Å². The van der Waals surface area contributed by atoms with E-state index in [0.717, 1.165) is 11.3 Å². The molecule has 9 heteroatoms. The van der Waals surface area contributed by atoms with Crippen molar-refractivity contribution in [2.24, 2.45) is 0 Å². The lowest BCUT2D eigenvalue weighted by atomic mass is 10.1. The summed E-state index contributed by atoms with van der Waals surface area (Å²) in [6.45, 7) is 1.96. The van der Waals surface area contributed by atoms with Crippen molar-refractivity contribution < 1.29 is 18.0 Å². The highest BCUT2D eigenvalue weighted by Crippen LogP contribution is 2.37. The van der Waals surface area contributed by atoms with E-state index in [2.05, 4.69) is 15.4 Å². The molecule has 1 aliphatic rings. The van der Waals surface area contributed by atoms with E-state index in [1.165, 1.54) is 36.0 Å². The maximum absolute atomic E-state index is 12.7. The quantitative estimate of drug-likeness (QED) is 0.493. The van der Waals surface area contributed by atoms with Crippen molar-refractivity contribution in [2.75, 3.05) is 15.4 Å². The Morgan fingerprint density at radius 2 is 1.72 bits per heavy atom. The molecule has 1 atom stereocenters. The molecule has 0 aromatic heterocycles. The molecule has 0 fully saturated rings. The summed E-state index contributed by atoms with van der Waals surface area (Å²) in [6.07, 6.45) is 0.727. The number of carbonyl (C=O) groups is 2. The molecule has 1 heterocycles. The van der Waals surface area contributed by atoms with Crippen LogP contribution in [0.3, 0.4) is 0 Å². The Balaban J connectivity index is 1.45. The predicted molar refractivity (Wildman–Crippen MR) is 127 cm³/mol. The van der Waals surface area contributed by atoms with E-state index in [4.69, 9.17) is 0 Å². The highest BCUT2D eigenvalue weighted by molar-refractivity contribution is 8.01. The van der Waals surface area contributed by atoms with E-state index in [0.29, 0.717) is 22.6 Å². The highest BCUT2D eigenvalue weighted by Gasteiger charge is 2.26. The number of benzene rings is 3. The van der Waals surface area contributed by atoms with Gasteiger partial charge in [-0.05, 0) is 61.0 Å². The maximum atomic E-state index is 12.7. The molecule has 3 aromatic rings. The number of amides is 2. The summed E-state index contributed by atoms with van der Waals surface area (Å²) in [4.78, 5) is 25.8. The van der Waals surface area contributed by atoms with Crippen molar-refractivity contribution in [3.8, 4) is 0 Å². The van der Waals surface area contributed by atoms with Gasteiger partial charge in [0.05, 0.1) is 15.8 Å². The minimum atomic E-state index is -3.74. The van der Waals surface area contributed by atoms with Gasteiger partial charge in [0.15, 0.2) is 0 Å². The van der Waals surface area contributed by atoms with Gasteiger partial charge < -0.3 is 10.6 Å². The number of sulfonamides is 1. The van der Waals surface area contributed by atoms with E-state index in [9.17, 15) is 18.0 Å². The summed E-state index contributed by atoms with van der Waals surface area (Å²) in [7, 11) is -3.74. The van der Waals surface area contributed by atoms with E-state index in [-0.39, 0.29) is 22.0 Å². The minimum absolute atomic E-state index is 0.0662. The zero-order valence-electron chi connectivity index (χ0n) is 17.2. The second-order valence-electron chi connectivity index (χ2n) is 7.16. The van der Waals surface area contributed by atoms with Crippen LogP contribution in [0.15, 0.2) is 82.6 Å². The molecule has 1 aliphatic heterocycles. The summed E-state index contributed by atoms with van der Waals surface area (Å²) in [6, 6.07) is 19.7. The number of nitrogens with one attached hydrogen (secondary N) is 3. The normalized spacial score (nSPS) is 15.4. The Kier molecular flexibility index (Phi) is 6.20. The first-order valence-corrected chi connectivity index (χ1v) is 12.3. The van der Waals surface area contributed by atoms with Crippen LogP contribution in [0.2, 0.25) is 0 Å². The first kappa shape index (κ1) is 21.9. The van der Waals surface area contributed by atoms with Gasteiger partial charge in [0.25, 0.3) is 15.9 Å². The molecule has 0 spiro atoms. The average molecular weight is 468 g/mol. The number of hydrogen-bond acceptors (Lipinski definition) is 5. The van der Waals surface area contributed by atoms with Crippen LogP contribution >= 0.6 is 11.8 Å². The van der Waals surface area contributed by atoms with Gasteiger partial charge in [-0.1, -0.05) is 25.1 Å². The molecule has 0 aliphatic carbocycles. The lowest BCUT2D eigenvalue weighted by molar-refractivity contribution is -0.115. The predicted octanol–water partition coefficient (Wildman–Crippen LogP) is 4.56. The largest absolute Gasteiger partial charge is 0.324 e. The Hall–Kier alpha value is -3.30. The third kappa shape index (κ3) is 4.79. The molecule has 3 aromatic carbocycles. The molecule has 0 bridgehead atoms. The molecule has 0 radical (unpaired) electrons. The van der Waals surface area contributed by atoms with Crippen LogP contribution in [0, 0.1) is 0 Å². The monoisotopic (exact) mass is 467 g/mol. The first-order chi connectivity index (χ1) is 15.4. The fourth-order valence-electron chi connectivity index (χ4n) is 3.20. The second kappa shape index (κ2) is 9.05. The van der Waals surface area contributed by atoms with Crippen LogP contribution < -0.4 is 15.4 Å². The van der Waals surface area contributed by atoms with Gasteiger partial charge in [-0.15, -0.1) is 11.8 Å². The summed E-state index contributed by atoms with van der Waals surface area (Å²) < 4.78 is 27.6. The SMILES string of the molecule is CCC1Sc2ccc(C(=O)Nc3ccc(S(=O)(=O)Nc4ccccc4)cc3)cc2NC1=O. The van der Waals surface area contributed by atoms with Crippen molar-refractivity contribution in [1.29, 1.82) is 0 Å². The highest BCUT2D eigenvalue weighted by atomic mass is 32.2. The molecule has 1 unspecified atom stereocenters. The molecule has 4 rings (SSSR count). The summed E-state index contributed by atoms with van der Waals surface area (Å²) in [5, 5.41) is 5.47. The van der Waals surface area contributed by atoms with E-state index >= 15 is 0 Å². The van der Waals surface area contributed by atoms with Crippen LogP contribution in [0.1, 0.15) is 23.7 Å². The lowest BCUT2D eigenvalue weighted by Gasteiger charge is -2.23. The molecule has 164 valence electrons. The molecule has 0 saturated carbocycles. The number of fused-ring (bicyclic) bond motifs is 1. The number of hydrogen-bond donors (Lipinski definition) is 3. The van der Waals surface area contributed by atoms with Gasteiger partial charge in [-0.2, -0.15) is 0 Å². The van der Waals surface area contributed by atoms with Gasteiger partial charge in [0, 0.05) is 21.8 Å². The Labute approximate surface area is 190 Å². The fourth-order valence-corrected chi connectivity index (χ4v) is 5.28. The first-order valence-electron chi connectivity index (χ1n) is 9.96. The Bertz CT molecular complexity index is 1260. The third-order valence-corrected chi connectivity index (χ3v) is 7.72. The Morgan fingerprint density at radius 1 is 1.00 bits per heavy atom. The number of thioether (sulfide) groups is 1. The zero-order chi connectivity index (χ0) is 22.7. The number of rotatable bonds is 6. The fraction of sp³-hybridized carbons (Fsp3) is 0.130. The number of anilines is 3. The van der Waals surface area contributed by atoms with Gasteiger partial charge in [-0.3, -0.25) is 14.3 Å². The summed E-state index contributed by atoms with van der Waals surface area (Å²) >= 11 is 1.49. The van der Waals surface area contributed by atoms with Crippen LogP contribution in [0.4, 0.5) is 17.1 Å². The van der Waals surface area contributed by atoms with Gasteiger partial charge >= 0.3 is 0 Å². The summed E-state index contributed by atoms with van der Waals surface area (Å²) in [5.41, 5.74) is 1.93. The van der Waals surface area contributed by atoms with Crippen molar-refractivity contribution in [3.63, 3.8) is 0 Å². The van der Waals surface area contributed by atoms with Gasteiger partial charge in [0.1, 0.15) is 0 Å². The molecule has 3 N–H and O–H groups in total. The van der Waals surface area contributed by atoms with Crippen LogP contribution in [0.25, 0.3) is 0 Å². The molecular formula is C23H21N3O4S2. The summed E-state index contributed by atoms with van der Waals surface area (Å²) in [5.74, 6) is -0.425. The molecule has 2 amide bonds.